The topological polar surface area (TPSA) is 32.3 Å². The van der Waals surface area contributed by atoms with Crippen molar-refractivity contribution in [3.63, 3.8) is 0 Å². The van der Waals surface area contributed by atoms with Crippen LogP contribution in [0.1, 0.15) is 84.1 Å². The summed E-state index contributed by atoms with van der Waals surface area (Å²) >= 11 is 0. The minimum absolute atomic E-state index is 0.0107. The number of carbonyl (C=O) groups excluding carboxylic acids is 1. The zero-order chi connectivity index (χ0) is 20.1. The van der Waals surface area contributed by atoms with E-state index in [0.717, 1.165) is 12.1 Å². The first-order chi connectivity index (χ1) is 14.2. The van der Waals surface area contributed by atoms with Crippen molar-refractivity contribution >= 4 is 5.91 Å². The summed E-state index contributed by atoms with van der Waals surface area (Å²) in [5.41, 5.74) is 6.20. The van der Waals surface area contributed by atoms with Crippen LogP contribution < -0.4 is 5.32 Å². The number of likely N-dealkylation sites (tertiary alicyclic amines) is 1. The van der Waals surface area contributed by atoms with Gasteiger partial charge in [-0.15, -0.1) is 0 Å². The Kier molecular flexibility index (Phi) is 6.66. The van der Waals surface area contributed by atoms with Crippen LogP contribution in [-0.2, 0) is 19.4 Å². The molecule has 3 heteroatoms. The highest BCUT2D eigenvalue weighted by Crippen LogP contribution is 2.25. The second-order valence-electron chi connectivity index (χ2n) is 8.82. The molecule has 1 saturated heterocycles. The number of aryl methyl sites for hydroxylation is 2. The fourth-order valence-corrected chi connectivity index (χ4v) is 4.70. The van der Waals surface area contributed by atoms with E-state index in [4.69, 9.17) is 0 Å². The maximum absolute atomic E-state index is 12.7. The number of carbonyl (C=O) groups is 1. The van der Waals surface area contributed by atoms with Gasteiger partial charge in [0, 0.05) is 12.1 Å². The molecule has 4 rings (SSSR count). The third-order valence-corrected chi connectivity index (χ3v) is 6.54. The summed E-state index contributed by atoms with van der Waals surface area (Å²) in [6, 6.07) is 14.9. The van der Waals surface area contributed by atoms with E-state index in [-0.39, 0.29) is 11.9 Å². The van der Waals surface area contributed by atoms with Crippen LogP contribution in [0.15, 0.2) is 42.5 Å². The Hall–Kier alpha value is -2.13. The summed E-state index contributed by atoms with van der Waals surface area (Å²) in [5.74, 6) is 0.0107. The molecular weight excluding hydrogens is 356 g/mol. The van der Waals surface area contributed by atoms with Gasteiger partial charge in [0.25, 0.3) is 5.91 Å². The van der Waals surface area contributed by atoms with Gasteiger partial charge in [0.05, 0.1) is 6.04 Å². The van der Waals surface area contributed by atoms with Crippen LogP contribution >= 0.6 is 0 Å². The van der Waals surface area contributed by atoms with Crippen LogP contribution in [0.25, 0.3) is 0 Å². The van der Waals surface area contributed by atoms with Crippen molar-refractivity contribution in [1.29, 1.82) is 0 Å². The molecule has 1 aliphatic heterocycles. The first kappa shape index (κ1) is 20.2. The minimum atomic E-state index is 0.0107. The molecule has 1 heterocycles. The van der Waals surface area contributed by atoms with Gasteiger partial charge >= 0.3 is 0 Å². The number of hydrogen-bond acceptors (Lipinski definition) is 2. The van der Waals surface area contributed by atoms with Crippen molar-refractivity contribution in [3.8, 4) is 0 Å². The molecule has 1 atom stereocenters. The second kappa shape index (κ2) is 9.58. The molecule has 0 saturated carbocycles. The van der Waals surface area contributed by atoms with Crippen molar-refractivity contribution in [1.82, 2.24) is 10.2 Å². The van der Waals surface area contributed by atoms with Crippen LogP contribution in [0.5, 0.6) is 0 Å². The number of rotatable bonds is 5. The summed E-state index contributed by atoms with van der Waals surface area (Å²) in [6.07, 6.45) is 10.3. The van der Waals surface area contributed by atoms with Crippen molar-refractivity contribution in [2.24, 2.45) is 0 Å². The molecule has 1 aliphatic carbocycles. The number of nitrogens with one attached hydrogen (secondary N) is 1. The van der Waals surface area contributed by atoms with Gasteiger partial charge in [-0.3, -0.25) is 9.69 Å². The summed E-state index contributed by atoms with van der Waals surface area (Å²) in [5, 5.41) is 3.18. The molecule has 1 fully saturated rings. The fraction of sp³-hybridized carbons (Fsp3) is 0.500. The quantitative estimate of drug-likeness (QED) is 0.738. The number of amides is 1. The molecule has 0 unspecified atom stereocenters. The molecule has 1 amide bonds. The summed E-state index contributed by atoms with van der Waals surface area (Å²) < 4.78 is 0. The molecule has 0 aromatic heterocycles. The number of benzene rings is 2. The molecule has 0 radical (unpaired) electrons. The average molecular weight is 391 g/mol. The molecule has 154 valence electrons. The molecule has 3 nitrogen and oxygen atoms in total. The first-order valence-corrected chi connectivity index (χ1v) is 11.4. The maximum atomic E-state index is 12.7. The summed E-state index contributed by atoms with van der Waals surface area (Å²) in [6.45, 7) is 5.46. The van der Waals surface area contributed by atoms with E-state index in [1.165, 1.54) is 86.7 Å². The highest BCUT2D eigenvalue weighted by atomic mass is 16.1. The monoisotopic (exact) mass is 390 g/mol. The SMILES string of the molecule is C[C@@H](NC(=O)c1ccc(CN2CCCCCC2)cc1)c1ccc2c(c1)CCCC2. The Balaban J connectivity index is 1.35. The lowest BCUT2D eigenvalue weighted by Gasteiger charge is -2.21. The zero-order valence-electron chi connectivity index (χ0n) is 17.8. The molecule has 29 heavy (non-hydrogen) atoms. The Morgan fingerprint density at radius 1 is 0.897 bits per heavy atom. The van der Waals surface area contributed by atoms with Crippen molar-refractivity contribution in [3.05, 3.63) is 70.3 Å². The first-order valence-electron chi connectivity index (χ1n) is 11.4. The number of hydrogen-bond donors (Lipinski definition) is 1. The Morgan fingerprint density at radius 2 is 1.59 bits per heavy atom. The van der Waals surface area contributed by atoms with E-state index >= 15 is 0 Å². The van der Waals surface area contributed by atoms with Gasteiger partial charge < -0.3 is 5.32 Å². The van der Waals surface area contributed by atoms with E-state index < -0.39 is 0 Å². The fourth-order valence-electron chi connectivity index (χ4n) is 4.70. The normalized spacial score (nSPS) is 18.5. The summed E-state index contributed by atoms with van der Waals surface area (Å²) in [4.78, 5) is 15.3. The molecule has 2 aromatic rings. The summed E-state index contributed by atoms with van der Waals surface area (Å²) in [7, 11) is 0. The van der Waals surface area contributed by atoms with Gasteiger partial charge in [-0.25, -0.2) is 0 Å². The highest BCUT2D eigenvalue weighted by molar-refractivity contribution is 5.94. The molecule has 2 aliphatic rings. The van der Waals surface area contributed by atoms with Gasteiger partial charge in [-0.05, 0) is 92.9 Å². The smallest absolute Gasteiger partial charge is 0.251 e. The lowest BCUT2D eigenvalue weighted by molar-refractivity contribution is 0.0940. The number of fused-ring (bicyclic) bond motifs is 1. The average Bonchev–Trinajstić information content (AvgIpc) is 3.02. The van der Waals surface area contributed by atoms with Crippen LogP contribution in [0.2, 0.25) is 0 Å². The van der Waals surface area contributed by atoms with Gasteiger partial charge in [0.15, 0.2) is 0 Å². The van der Waals surface area contributed by atoms with E-state index in [0.29, 0.717) is 0 Å². The second-order valence-corrected chi connectivity index (χ2v) is 8.82. The predicted octanol–water partition coefficient (Wildman–Crippen LogP) is 5.43. The van der Waals surface area contributed by atoms with Crippen molar-refractivity contribution in [2.45, 2.75) is 70.9 Å². The minimum Gasteiger partial charge on any atom is -0.346 e. The van der Waals surface area contributed by atoms with Gasteiger partial charge in [0.1, 0.15) is 0 Å². The third-order valence-electron chi connectivity index (χ3n) is 6.54. The third kappa shape index (κ3) is 5.27. The van der Waals surface area contributed by atoms with E-state index in [2.05, 4.69) is 47.5 Å². The molecule has 1 N–H and O–H groups in total. The maximum Gasteiger partial charge on any atom is 0.251 e. The molecule has 0 spiro atoms. The Bertz CT molecular complexity index is 819. The lowest BCUT2D eigenvalue weighted by atomic mass is 9.89. The van der Waals surface area contributed by atoms with Gasteiger partial charge in [-0.1, -0.05) is 43.2 Å². The Labute approximate surface area is 175 Å². The van der Waals surface area contributed by atoms with Crippen LogP contribution in [0.3, 0.4) is 0 Å². The molecule has 2 aromatic carbocycles. The predicted molar refractivity (Wildman–Crippen MR) is 119 cm³/mol. The van der Waals surface area contributed by atoms with Crippen LogP contribution in [0, 0.1) is 0 Å². The van der Waals surface area contributed by atoms with Crippen LogP contribution in [0.4, 0.5) is 0 Å². The molecule has 0 bridgehead atoms. The standard InChI is InChI=1S/C26H34N2O/c1-20(24-15-14-22-8-4-5-9-25(22)18-24)27-26(29)23-12-10-21(11-13-23)19-28-16-6-2-3-7-17-28/h10-15,18,20H,2-9,16-17,19H2,1H3,(H,27,29)/t20-/m1/s1. The van der Waals surface area contributed by atoms with E-state index in [1.54, 1.807) is 0 Å². The highest BCUT2D eigenvalue weighted by Gasteiger charge is 2.15. The van der Waals surface area contributed by atoms with Crippen molar-refractivity contribution < 1.29 is 4.79 Å². The Morgan fingerprint density at radius 3 is 2.31 bits per heavy atom. The van der Waals surface area contributed by atoms with Crippen molar-refractivity contribution in [2.75, 3.05) is 13.1 Å². The van der Waals surface area contributed by atoms with Gasteiger partial charge in [-0.2, -0.15) is 0 Å². The largest absolute Gasteiger partial charge is 0.346 e. The molecular formula is C26H34N2O. The lowest BCUT2D eigenvalue weighted by Crippen LogP contribution is -2.27. The van der Waals surface area contributed by atoms with E-state index in [1.807, 2.05) is 12.1 Å². The van der Waals surface area contributed by atoms with Crippen LogP contribution in [-0.4, -0.2) is 23.9 Å². The van der Waals surface area contributed by atoms with Gasteiger partial charge in [0.2, 0.25) is 0 Å². The number of nitrogens with zero attached hydrogens (tertiary/aromatic N) is 1. The van der Waals surface area contributed by atoms with E-state index in [9.17, 15) is 4.79 Å². The zero-order valence-corrected chi connectivity index (χ0v) is 17.8.